The molecule has 0 saturated carbocycles. The van der Waals surface area contributed by atoms with Crippen molar-refractivity contribution in [2.45, 2.75) is 25.3 Å². The van der Waals surface area contributed by atoms with Gasteiger partial charge >= 0.3 is 0 Å². The van der Waals surface area contributed by atoms with Gasteiger partial charge in [0.1, 0.15) is 6.29 Å². The van der Waals surface area contributed by atoms with Crippen LogP contribution in [-0.2, 0) is 9.53 Å². The summed E-state index contributed by atoms with van der Waals surface area (Å²) in [6, 6.07) is 0.745. The molecule has 0 bridgehead atoms. The van der Waals surface area contributed by atoms with Crippen molar-refractivity contribution >= 4 is 6.29 Å². The predicted molar refractivity (Wildman–Crippen MR) is 65.0 cm³/mol. The molecule has 3 fully saturated rings. The van der Waals surface area contributed by atoms with Crippen LogP contribution in [0.3, 0.4) is 0 Å². The smallest absolute Gasteiger partial charge is 0.129 e. The van der Waals surface area contributed by atoms with Crippen molar-refractivity contribution in [1.29, 1.82) is 0 Å². The lowest BCUT2D eigenvalue weighted by Gasteiger charge is -2.40. The first-order valence-electron chi connectivity index (χ1n) is 6.82. The number of rotatable bonds is 3. The van der Waals surface area contributed by atoms with E-state index >= 15 is 0 Å². The van der Waals surface area contributed by atoms with E-state index in [-0.39, 0.29) is 5.41 Å². The molecule has 17 heavy (non-hydrogen) atoms. The van der Waals surface area contributed by atoms with Crippen LogP contribution in [-0.4, -0.2) is 68.1 Å². The lowest BCUT2D eigenvalue weighted by atomic mass is 9.88. The van der Waals surface area contributed by atoms with Crippen molar-refractivity contribution in [1.82, 2.24) is 9.80 Å². The van der Waals surface area contributed by atoms with Gasteiger partial charge in [0, 0.05) is 38.8 Å². The van der Waals surface area contributed by atoms with Crippen LogP contribution >= 0.6 is 0 Å². The van der Waals surface area contributed by atoms with Crippen molar-refractivity contribution in [2.75, 3.05) is 45.9 Å². The second-order valence-corrected chi connectivity index (χ2v) is 5.85. The highest BCUT2D eigenvalue weighted by atomic mass is 16.5. The summed E-state index contributed by atoms with van der Waals surface area (Å²) in [6.07, 6.45) is 4.73. The topological polar surface area (TPSA) is 32.8 Å². The predicted octanol–water partition coefficient (Wildman–Crippen LogP) is 0.372. The van der Waals surface area contributed by atoms with Crippen molar-refractivity contribution in [3.8, 4) is 0 Å². The molecule has 4 nitrogen and oxygen atoms in total. The Morgan fingerprint density at radius 2 is 2.29 bits per heavy atom. The zero-order valence-corrected chi connectivity index (χ0v) is 10.4. The van der Waals surface area contributed by atoms with E-state index in [1.165, 1.54) is 25.9 Å². The molecular weight excluding hydrogens is 216 g/mol. The molecule has 0 radical (unpaired) electrons. The van der Waals surface area contributed by atoms with Gasteiger partial charge in [-0.2, -0.15) is 0 Å². The SMILES string of the molecule is O=CC1(CN2CCN3CCCC3C2)CCOC1. The summed E-state index contributed by atoms with van der Waals surface area (Å²) in [7, 11) is 0. The zero-order chi connectivity index (χ0) is 11.7. The number of piperazine rings is 1. The number of carbonyl (C=O) groups is 1. The molecule has 2 unspecified atom stereocenters. The van der Waals surface area contributed by atoms with Gasteiger partial charge in [0.15, 0.2) is 0 Å². The maximum Gasteiger partial charge on any atom is 0.129 e. The molecule has 3 aliphatic heterocycles. The van der Waals surface area contributed by atoms with Gasteiger partial charge in [-0.1, -0.05) is 0 Å². The maximum atomic E-state index is 11.3. The minimum atomic E-state index is -0.208. The minimum absolute atomic E-state index is 0.208. The van der Waals surface area contributed by atoms with E-state index in [4.69, 9.17) is 4.74 Å². The molecule has 0 N–H and O–H groups in total. The van der Waals surface area contributed by atoms with Gasteiger partial charge in [0.05, 0.1) is 12.0 Å². The summed E-state index contributed by atoms with van der Waals surface area (Å²) in [4.78, 5) is 16.4. The van der Waals surface area contributed by atoms with Gasteiger partial charge in [0.2, 0.25) is 0 Å². The Hall–Kier alpha value is -0.450. The highest BCUT2D eigenvalue weighted by Gasteiger charge is 2.39. The Labute approximate surface area is 103 Å². The minimum Gasteiger partial charge on any atom is -0.380 e. The molecule has 4 heteroatoms. The highest BCUT2D eigenvalue weighted by molar-refractivity contribution is 5.60. The van der Waals surface area contributed by atoms with E-state index in [0.29, 0.717) is 6.61 Å². The number of hydrogen-bond acceptors (Lipinski definition) is 4. The molecule has 0 spiro atoms. The number of ether oxygens (including phenoxy) is 1. The second-order valence-electron chi connectivity index (χ2n) is 5.85. The molecular formula is C13H22N2O2. The van der Waals surface area contributed by atoms with E-state index in [0.717, 1.165) is 45.0 Å². The number of fused-ring (bicyclic) bond motifs is 1. The fourth-order valence-electron chi connectivity index (χ4n) is 3.52. The molecule has 96 valence electrons. The zero-order valence-electron chi connectivity index (χ0n) is 10.4. The molecule has 3 aliphatic rings. The Bertz CT molecular complexity index is 289. The number of nitrogens with zero attached hydrogens (tertiary/aromatic N) is 2. The molecule has 3 heterocycles. The van der Waals surface area contributed by atoms with Crippen LogP contribution in [0.4, 0.5) is 0 Å². The lowest BCUT2D eigenvalue weighted by Crippen LogP contribution is -2.53. The standard InChI is InChI=1S/C13H22N2O2/c16-10-13(3-7-17-11-13)9-14-5-6-15-4-1-2-12(15)8-14/h10,12H,1-9,11H2. The number of aldehydes is 1. The second kappa shape index (κ2) is 4.67. The Kier molecular flexibility index (Phi) is 3.19. The molecule has 0 aromatic carbocycles. The molecule has 0 aromatic heterocycles. The molecule has 0 aromatic rings. The van der Waals surface area contributed by atoms with Crippen LogP contribution in [0, 0.1) is 5.41 Å². The van der Waals surface area contributed by atoms with Gasteiger partial charge in [-0.15, -0.1) is 0 Å². The normalized spacial score (nSPS) is 39.4. The van der Waals surface area contributed by atoms with E-state index in [1.807, 2.05) is 0 Å². The lowest BCUT2D eigenvalue weighted by molar-refractivity contribution is -0.117. The van der Waals surface area contributed by atoms with Gasteiger partial charge in [-0.05, 0) is 25.8 Å². The monoisotopic (exact) mass is 238 g/mol. The highest BCUT2D eigenvalue weighted by Crippen LogP contribution is 2.29. The third kappa shape index (κ3) is 2.26. The quantitative estimate of drug-likeness (QED) is 0.665. The van der Waals surface area contributed by atoms with E-state index < -0.39 is 0 Å². The van der Waals surface area contributed by atoms with Crippen LogP contribution in [0.2, 0.25) is 0 Å². The van der Waals surface area contributed by atoms with Crippen molar-refractivity contribution in [3.05, 3.63) is 0 Å². The van der Waals surface area contributed by atoms with Gasteiger partial charge in [-0.3, -0.25) is 9.80 Å². The van der Waals surface area contributed by atoms with E-state index in [1.54, 1.807) is 0 Å². The molecule has 2 atom stereocenters. The Morgan fingerprint density at radius 1 is 1.35 bits per heavy atom. The van der Waals surface area contributed by atoms with Crippen molar-refractivity contribution < 1.29 is 9.53 Å². The van der Waals surface area contributed by atoms with E-state index in [9.17, 15) is 4.79 Å². The first-order chi connectivity index (χ1) is 8.31. The van der Waals surface area contributed by atoms with Crippen LogP contribution in [0.15, 0.2) is 0 Å². The van der Waals surface area contributed by atoms with Crippen LogP contribution < -0.4 is 0 Å². The van der Waals surface area contributed by atoms with Crippen LogP contribution in [0.1, 0.15) is 19.3 Å². The molecule has 3 rings (SSSR count). The first kappa shape index (κ1) is 11.6. The summed E-state index contributed by atoms with van der Waals surface area (Å²) in [5, 5.41) is 0. The summed E-state index contributed by atoms with van der Waals surface area (Å²) in [5.74, 6) is 0. The first-order valence-corrected chi connectivity index (χ1v) is 6.82. The van der Waals surface area contributed by atoms with Crippen LogP contribution in [0.5, 0.6) is 0 Å². The average Bonchev–Trinajstić information content (AvgIpc) is 2.97. The Balaban J connectivity index is 1.60. The third-order valence-corrected chi connectivity index (χ3v) is 4.59. The molecule has 3 saturated heterocycles. The fraction of sp³-hybridized carbons (Fsp3) is 0.923. The van der Waals surface area contributed by atoms with Crippen molar-refractivity contribution in [3.63, 3.8) is 0 Å². The van der Waals surface area contributed by atoms with Gasteiger partial charge in [-0.25, -0.2) is 0 Å². The average molecular weight is 238 g/mol. The van der Waals surface area contributed by atoms with E-state index in [2.05, 4.69) is 9.80 Å². The van der Waals surface area contributed by atoms with Crippen molar-refractivity contribution in [2.24, 2.45) is 5.41 Å². The van der Waals surface area contributed by atoms with Gasteiger partial charge in [0.25, 0.3) is 0 Å². The molecule has 0 aliphatic carbocycles. The summed E-state index contributed by atoms with van der Waals surface area (Å²) < 4.78 is 5.41. The third-order valence-electron chi connectivity index (χ3n) is 4.59. The summed E-state index contributed by atoms with van der Waals surface area (Å²) in [6.45, 7) is 7.01. The number of carbonyl (C=O) groups excluding carboxylic acids is 1. The van der Waals surface area contributed by atoms with Gasteiger partial charge < -0.3 is 9.53 Å². The molecule has 0 amide bonds. The van der Waals surface area contributed by atoms with Crippen LogP contribution in [0.25, 0.3) is 0 Å². The summed E-state index contributed by atoms with van der Waals surface area (Å²) in [5.41, 5.74) is -0.208. The number of hydrogen-bond donors (Lipinski definition) is 0. The summed E-state index contributed by atoms with van der Waals surface area (Å²) >= 11 is 0. The largest absolute Gasteiger partial charge is 0.380 e. The Morgan fingerprint density at radius 3 is 3.06 bits per heavy atom. The maximum absolute atomic E-state index is 11.3. The fourth-order valence-corrected chi connectivity index (χ4v) is 3.52.